The van der Waals surface area contributed by atoms with Gasteiger partial charge in [0.1, 0.15) is 5.75 Å². The molecule has 0 aromatic heterocycles. The summed E-state index contributed by atoms with van der Waals surface area (Å²) >= 11 is 0. The summed E-state index contributed by atoms with van der Waals surface area (Å²) in [6.07, 6.45) is 5.09. The van der Waals surface area contributed by atoms with Crippen LogP contribution in [0.4, 0.5) is 0 Å². The van der Waals surface area contributed by atoms with Crippen molar-refractivity contribution in [1.29, 1.82) is 0 Å². The van der Waals surface area contributed by atoms with Crippen molar-refractivity contribution in [2.24, 2.45) is 5.92 Å². The van der Waals surface area contributed by atoms with Crippen LogP contribution >= 0.6 is 0 Å². The van der Waals surface area contributed by atoms with Crippen LogP contribution < -0.4 is 10.1 Å². The second-order valence-electron chi connectivity index (χ2n) is 6.33. The van der Waals surface area contributed by atoms with Gasteiger partial charge in [0.15, 0.2) is 0 Å². The monoisotopic (exact) mass is 274 g/mol. The van der Waals surface area contributed by atoms with Crippen LogP contribution in [0.1, 0.15) is 36.4 Å². The van der Waals surface area contributed by atoms with E-state index in [1.54, 1.807) is 7.11 Å². The van der Waals surface area contributed by atoms with Crippen LogP contribution in [0.25, 0.3) is 0 Å². The van der Waals surface area contributed by atoms with E-state index >= 15 is 0 Å². The Morgan fingerprint density at radius 2 is 2.25 bits per heavy atom. The molecule has 1 aliphatic carbocycles. The Morgan fingerprint density at radius 3 is 3.00 bits per heavy atom. The number of hydrogen-bond donors (Lipinski definition) is 1. The number of fused-ring (bicyclic) bond motifs is 1. The van der Waals surface area contributed by atoms with E-state index in [9.17, 15) is 0 Å². The fraction of sp³-hybridized carbons (Fsp3) is 0.647. The van der Waals surface area contributed by atoms with Crippen molar-refractivity contribution in [2.75, 3.05) is 33.8 Å². The molecule has 2 aliphatic rings. The summed E-state index contributed by atoms with van der Waals surface area (Å²) in [5.74, 6) is 1.80. The SMILES string of the molecule is COc1ccc2c(c1)C(NCC1CCN(C)C1)CCC2. The molecule has 1 aromatic rings. The van der Waals surface area contributed by atoms with Gasteiger partial charge < -0.3 is 15.0 Å². The highest BCUT2D eigenvalue weighted by Gasteiger charge is 2.24. The zero-order chi connectivity index (χ0) is 13.9. The fourth-order valence-corrected chi connectivity index (χ4v) is 3.62. The number of rotatable bonds is 4. The lowest BCUT2D eigenvalue weighted by Gasteiger charge is -2.28. The van der Waals surface area contributed by atoms with Gasteiger partial charge in [-0.05, 0) is 75.0 Å². The van der Waals surface area contributed by atoms with E-state index in [0.717, 1.165) is 18.2 Å². The normalized spacial score (nSPS) is 26.5. The van der Waals surface area contributed by atoms with Gasteiger partial charge in [-0.15, -0.1) is 0 Å². The number of hydrogen-bond acceptors (Lipinski definition) is 3. The molecule has 0 radical (unpaired) electrons. The fourth-order valence-electron chi connectivity index (χ4n) is 3.62. The number of nitrogens with zero attached hydrogens (tertiary/aromatic N) is 1. The summed E-state index contributed by atoms with van der Waals surface area (Å²) in [7, 11) is 3.97. The second-order valence-corrected chi connectivity index (χ2v) is 6.33. The predicted octanol–water partition coefficient (Wildman–Crippen LogP) is 2.61. The van der Waals surface area contributed by atoms with Crippen LogP contribution in [0.5, 0.6) is 5.75 Å². The highest BCUT2D eigenvalue weighted by Crippen LogP contribution is 2.32. The summed E-state index contributed by atoms with van der Waals surface area (Å²) < 4.78 is 5.39. The third-order valence-electron chi connectivity index (χ3n) is 4.81. The van der Waals surface area contributed by atoms with Gasteiger partial charge in [0, 0.05) is 12.6 Å². The first-order chi connectivity index (χ1) is 9.76. The molecule has 3 rings (SSSR count). The Balaban J connectivity index is 1.66. The Labute approximate surface area is 122 Å². The molecule has 0 spiro atoms. The lowest BCUT2D eigenvalue weighted by atomic mass is 9.87. The summed E-state index contributed by atoms with van der Waals surface area (Å²) in [6, 6.07) is 7.07. The number of aryl methyl sites for hydroxylation is 1. The average molecular weight is 274 g/mol. The molecule has 110 valence electrons. The topological polar surface area (TPSA) is 24.5 Å². The Kier molecular flexibility index (Phi) is 4.27. The van der Waals surface area contributed by atoms with Crippen molar-refractivity contribution < 1.29 is 4.74 Å². The minimum atomic E-state index is 0.514. The quantitative estimate of drug-likeness (QED) is 0.913. The number of likely N-dealkylation sites (tertiary alicyclic amines) is 1. The van der Waals surface area contributed by atoms with Gasteiger partial charge in [-0.3, -0.25) is 0 Å². The minimum absolute atomic E-state index is 0.514. The number of benzene rings is 1. The molecule has 1 saturated heterocycles. The maximum absolute atomic E-state index is 5.39. The number of ether oxygens (including phenoxy) is 1. The van der Waals surface area contributed by atoms with Gasteiger partial charge in [0.2, 0.25) is 0 Å². The first kappa shape index (κ1) is 13.9. The van der Waals surface area contributed by atoms with E-state index in [4.69, 9.17) is 4.74 Å². The van der Waals surface area contributed by atoms with E-state index in [0.29, 0.717) is 6.04 Å². The second kappa shape index (κ2) is 6.15. The molecule has 1 aromatic carbocycles. The zero-order valence-electron chi connectivity index (χ0n) is 12.7. The Morgan fingerprint density at radius 1 is 1.35 bits per heavy atom. The maximum atomic E-state index is 5.39. The molecule has 3 heteroatoms. The van der Waals surface area contributed by atoms with Gasteiger partial charge >= 0.3 is 0 Å². The van der Waals surface area contributed by atoms with E-state index in [1.165, 1.54) is 49.9 Å². The maximum Gasteiger partial charge on any atom is 0.119 e. The number of methoxy groups -OCH3 is 1. The summed E-state index contributed by atoms with van der Waals surface area (Å²) in [4.78, 5) is 2.43. The lowest BCUT2D eigenvalue weighted by Crippen LogP contribution is -2.31. The van der Waals surface area contributed by atoms with E-state index < -0.39 is 0 Å². The highest BCUT2D eigenvalue weighted by atomic mass is 16.5. The highest BCUT2D eigenvalue weighted by molar-refractivity contribution is 5.39. The van der Waals surface area contributed by atoms with Crippen LogP contribution in [0.15, 0.2) is 18.2 Å². The first-order valence-electron chi connectivity index (χ1n) is 7.85. The van der Waals surface area contributed by atoms with Crippen LogP contribution in [0.2, 0.25) is 0 Å². The summed E-state index contributed by atoms with van der Waals surface area (Å²) in [5.41, 5.74) is 2.96. The molecule has 1 aliphatic heterocycles. The van der Waals surface area contributed by atoms with Crippen molar-refractivity contribution in [3.8, 4) is 5.75 Å². The molecular formula is C17H26N2O. The van der Waals surface area contributed by atoms with Crippen molar-refractivity contribution in [1.82, 2.24) is 10.2 Å². The van der Waals surface area contributed by atoms with Crippen LogP contribution in [0.3, 0.4) is 0 Å². The molecule has 2 unspecified atom stereocenters. The van der Waals surface area contributed by atoms with Crippen LogP contribution in [0, 0.1) is 5.92 Å². The first-order valence-corrected chi connectivity index (χ1v) is 7.85. The van der Waals surface area contributed by atoms with Crippen molar-refractivity contribution >= 4 is 0 Å². The molecule has 1 heterocycles. The van der Waals surface area contributed by atoms with Crippen molar-refractivity contribution in [3.05, 3.63) is 29.3 Å². The third-order valence-corrected chi connectivity index (χ3v) is 4.81. The predicted molar refractivity (Wildman–Crippen MR) is 82.3 cm³/mol. The molecule has 0 saturated carbocycles. The minimum Gasteiger partial charge on any atom is -0.497 e. The van der Waals surface area contributed by atoms with Gasteiger partial charge in [-0.25, -0.2) is 0 Å². The molecule has 1 N–H and O–H groups in total. The number of nitrogens with one attached hydrogen (secondary N) is 1. The van der Waals surface area contributed by atoms with E-state index in [-0.39, 0.29) is 0 Å². The van der Waals surface area contributed by atoms with Gasteiger partial charge in [-0.2, -0.15) is 0 Å². The Hall–Kier alpha value is -1.06. The lowest BCUT2D eigenvalue weighted by molar-refractivity contribution is 0.368. The summed E-state index contributed by atoms with van der Waals surface area (Å²) in [5, 5.41) is 3.81. The largest absolute Gasteiger partial charge is 0.497 e. The zero-order valence-corrected chi connectivity index (χ0v) is 12.7. The standard InChI is InChI=1S/C17H26N2O/c1-19-9-8-13(12-19)11-18-17-5-3-4-14-6-7-15(20-2)10-16(14)17/h6-7,10,13,17-18H,3-5,8-9,11-12H2,1-2H3. The molecule has 1 fully saturated rings. The van der Waals surface area contributed by atoms with Crippen LogP contribution in [-0.4, -0.2) is 38.7 Å². The van der Waals surface area contributed by atoms with E-state index in [1.807, 2.05) is 0 Å². The molecule has 2 atom stereocenters. The molecule has 0 amide bonds. The van der Waals surface area contributed by atoms with Crippen molar-refractivity contribution in [2.45, 2.75) is 31.7 Å². The molecule has 3 nitrogen and oxygen atoms in total. The van der Waals surface area contributed by atoms with Gasteiger partial charge in [-0.1, -0.05) is 6.07 Å². The Bertz CT molecular complexity index is 460. The average Bonchev–Trinajstić information content (AvgIpc) is 2.90. The van der Waals surface area contributed by atoms with Crippen LogP contribution in [-0.2, 0) is 6.42 Å². The molecule has 20 heavy (non-hydrogen) atoms. The van der Waals surface area contributed by atoms with Gasteiger partial charge in [0.05, 0.1) is 7.11 Å². The molecule has 0 bridgehead atoms. The molecular weight excluding hydrogens is 248 g/mol. The smallest absolute Gasteiger partial charge is 0.119 e. The van der Waals surface area contributed by atoms with Crippen molar-refractivity contribution in [3.63, 3.8) is 0 Å². The third kappa shape index (κ3) is 2.99. The summed E-state index contributed by atoms with van der Waals surface area (Å²) in [6.45, 7) is 3.64. The van der Waals surface area contributed by atoms with Gasteiger partial charge in [0.25, 0.3) is 0 Å². The van der Waals surface area contributed by atoms with E-state index in [2.05, 4.69) is 35.5 Å².